The van der Waals surface area contributed by atoms with Crippen molar-refractivity contribution in [3.8, 4) is 0 Å². The Morgan fingerprint density at radius 1 is 1.38 bits per heavy atom. The molecule has 2 aliphatic rings. The van der Waals surface area contributed by atoms with Gasteiger partial charge in [-0.1, -0.05) is 18.2 Å². The van der Waals surface area contributed by atoms with E-state index in [2.05, 4.69) is 5.32 Å². The molecule has 1 aromatic rings. The SMILES string of the molecule is O=C(O)N1C=CC2Nc3ccccc3C2=C1. The van der Waals surface area contributed by atoms with Crippen molar-refractivity contribution in [3.05, 3.63) is 48.3 Å². The molecule has 0 radical (unpaired) electrons. The fourth-order valence-corrected chi connectivity index (χ4v) is 2.07. The molecule has 0 aromatic heterocycles. The molecule has 1 aromatic carbocycles. The molecule has 0 saturated heterocycles. The Balaban J connectivity index is 2.07. The van der Waals surface area contributed by atoms with Crippen LogP contribution in [0.4, 0.5) is 10.5 Å². The first-order chi connectivity index (χ1) is 7.75. The van der Waals surface area contributed by atoms with E-state index in [1.165, 1.54) is 4.90 Å². The van der Waals surface area contributed by atoms with Crippen molar-refractivity contribution < 1.29 is 9.90 Å². The molecule has 16 heavy (non-hydrogen) atoms. The summed E-state index contributed by atoms with van der Waals surface area (Å²) in [6.07, 6.45) is 4.11. The van der Waals surface area contributed by atoms with Gasteiger partial charge in [-0.3, -0.25) is 4.90 Å². The van der Waals surface area contributed by atoms with Crippen molar-refractivity contribution in [3.63, 3.8) is 0 Å². The first-order valence-corrected chi connectivity index (χ1v) is 5.03. The smallest absolute Gasteiger partial charge is 0.415 e. The maximum absolute atomic E-state index is 10.9. The third-order valence-electron chi connectivity index (χ3n) is 2.82. The lowest BCUT2D eigenvalue weighted by molar-refractivity contribution is 0.175. The van der Waals surface area contributed by atoms with Gasteiger partial charge in [0.25, 0.3) is 0 Å². The number of hydrogen-bond donors (Lipinski definition) is 2. The van der Waals surface area contributed by atoms with E-state index in [0.717, 1.165) is 16.8 Å². The van der Waals surface area contributed by atoms with Crippen LogP contribution in [0.5, 0.6) is 0 Å². The molecule has 1 amide bonds. The van der Waals surface area contributed by atoms with Crippen molar-refractivity contribution in [2.45, 2.75) is 6.04 Å². The van der Waals surface area contributed by atoms with Crippen LogP contribution in [0, 0.1) is 0 Å². The summed E-state index contributed by atoms with van der Waals surface area (Å²) in [6, 6.07) is 7.99. The average molecular weight is 214 g/mol. The number of hydrogen-bond acceptors (Lipinski definition) is 2. The van der Waals surface area contributed by atoms with Gasteiger partial charge in [-0.25, -0.2) is 4.79 Å². The zero-order valence-corrected chi connectivity index (χ0v) is 8.42. The molecule has 0 aliphatic carbocycles. The second-order valence-corrected chi connectivity index (χ2v) is 3.78. The molecule has 0 spiro atoms. The van der Waals surface area contributed by atoms with E-state index < -0.39 is 6.09 Å². The van der Waals surface area contributed by atoms with Crippen molar-refractivity contribution in [2.24, 2.45) is 0 Å². The molecule has 0 bridgehead atoms. The highest BCUT2D eigenvalue weighted by Crippen LogP contribution is 2.37. The molecule has 1 atom stereocenters. The summed E-state index contributed by atoms with van der Waals surface area (Å²) >= 11 is 0. The van der Waals surface area contributed by atoms with Crippen molar-refractivity contribution >= 4 is 17.4 Å². The molecule has 1 unspecified atom stereocenters. The number of nitrogens with zero attached hydrogens (tertiary/aromatic N) is 1. The number of para-hydroxylation sites is 1. The maximum Gasteiger partial charge on any atom is 0.415 e. The number of benzene rings is 1. The standard InChI is InChI=1S/C12H10N2O2/c15-12(16)14-6-5-11-9(7-14)8-3-1-2-4-10(8)13-11/h1-7,11,13H,(H,15,16). The summed E-state index contributed by atoms with van der Waals surface area (Å²) in [5.74, 6) is 0. The third kappa shape index (κ3) is 1.20. The largest absolute Gasteiger partial charge is 0.464 e. The van der Waals surface area contributed by atoms with E-state index in [1.54, 1.807) is 12.4 Å². The molecule has 2 N–H and O–H groups in total. The van der Waals surface area contributed by atoms with Gasteiger partial charge < -0.3 is 10.4 Å². The first kappa shape index (κ1) is 9.03. The summed E-state index contributed by atoms with van der Waals surface area (Å²) in [5.41, 5.74) is 3.12. The number of carbonyl (C=O) groups is 1. The maximum atomic E-state index is 10.9. The average Bonchev–Trinajstić information content (AvgIpc) is 2.66. The molecule has 80 valence electrons. The lowest BCUT2D eigenvalue weighted by Gasteiger charge is -2.19. The highest BCUT2D eigenvalue weighted by atomic mass is 16.4. The van der Waals surface area contributed by atoms with Crippen LogP contribution in [0.15, 0.2) is 42.7 Å². The Bertz CT molecular complexity index is 520. The fraction of sp³-hybridized carbons (Fsp3) is 0.0833. The third-order valence-corrected chi connectivity index (χ3v) is 2.82. The van der Waals surface area contributed by atoms with E-state index in [1.807, 2.05) is 30.3 Å². The van der Waals surface area contributed by atoms with Gasteiger partial charge in [-0.2, -0.15) is 0 Å². The summed E-state index contributed by atoms with van der Waals surface area (Å²) < 4.78 is 0. The van der Waals surface area contributed by atoms with Gasteiger partial charge in [0, 0.05) is 29.2 Å². The van der Waals surface area contributed by atoms with Crippen molar-refractivity contribution in [2.75, 3.05) is 5.32 Å². The van der Waals surface area contributed by atoms with Crippen LogP contribution in [-0.4, -0.2) is 22.1 Å². The van der Waals surface area contributed by atoms with Crippen LogP contribution in [-0.2, 0) is 0 Å². The van der Waals surface area contributed by atoms with E-state index in [0.29, 0.717) is 0 Å². The van der Waals surface area contributed by atoms with Crippen molar-refractivity contribution in [1.29, 1.82) is 0 Å². The summed E-state index contributed by atoms with van der Waals surface area (Å²) in [7, 11) is 0. The Hall–Kier alpha value is -2.23. The van der Waals surface area contributed by atoms with Crippen LogP contribution in [0.2, 0.25) is 0 Å². The van der Waals surface area contributed by atoms with Crippen LogP contribution in [0.1, 0.15) is 5.56 Å². The minimum absolute atomic E-state index is 0.0907. The van der Waals surface area contributed by atoms with Gasteiger partial charge in [0.15, 0.2) is 0 Å². The Morgan fingerprint density at radius 2 is 2.19 bits per heavy atom. The molecule has 0 fully saturated rings. The predicted molar refractivity (Wildman–Crippen MR) is 60.8 cm³/mol. The lowest BCUT2D eigenvalue weighted by Crippen LogP contribution is -2.24. The number of nitrogens with one attached hydrogen (secondary N) is 1. The van der Waals surface area contributed by atoms with Gasteiger partial charge >= 0.3 is 6.09 Å². The molecule has 4 heteroatoms. The quantitative estimate of drug-likeness (QED) is 0.696. The second kappa shape index (κ2) is 3.13. The van der Waals surface area contributed by atoms with Gasteiger partial charge in [-0.15, -0.1) is 0 Å². The Kier molecular flexibility index (Phi) is 1.77. The number of carboxylic acid groups (broad SMARTS) is 1. The van der Waals surface area contributed by atoms with Crippen LogP contribution in [0.25, 0.3) is 5.57 Å². The van der Waals surface area contributed by atoms with Crippen LogP contribution in [0.3, 0.4) is 0 Å². The summed E-state index contributed by atoms with van der Waals surface area (Å²) in [6.45, 7) is 0. The number of amides is 1. The molecule has 4 nitrogen and oxygen atoms in total. The Labute approximate surface area is 92.5 Å². The summed E-state index contributed by atoms with van der Waals surface area (Å²) in [5, 5.41) is 12.2. The molecule has 0 saturated carbocycles. The van der Waals surface area contributed by atoms with Crippen LogP contribution >= 0.6 is 0 Å². The molecular weight excluding hydrogens is 204 g/mol. The predicted octanol–water partition coefficient (Wildman–Crippen LogP) is 2.33. The minimum Gasteiger partial charge on any atom is -0.464 e. The zero-order chi connectivity index (χ0) is 11.1. The molecule has 3 rings (SSSR count). The zero-order valence-electron chi connectivity index (χ0n) is 8.42. The van der Waals surface area contributed by atoms with Gasteiger partial charge in [0.1, 0.15) is 0 Å². The topological polar surface area (TPSA) is 52.6 Å². The monoisotopic (exact) mass is 214 g/mol. The van der Waals surface area contributed by atoms with Gasteiger partial charge in [0.2, 0.25) is 0 Å². The number of fused-ring (bicyclic) bond motifs is 3. The van der Waals surface area contributed by atoms with Crippen molar-refractivity contribution in [1.82, 2.24) is 4.90 Å². The van der Waals surface area contributed by atoms with Crippen LogP contribution < -0.4 is 5.32 Å². The number of rotatable bonds is 0. The normalized spacial score (nSPS) is 20.9. The highest BCUT2D eigenvalue weighted by Gasteiger charge is 2.27. The minimum atomic E-state index is -0.966. The van der Waals surface area contributed by atoms with E-state index >= 15 is 0 Å². The van der Waals surface area contributed by atoms with Gasteiger partial charge in [-0.05, 0) is 12.1 Å². The summed E-state index contributed by atoms with van der Waals surface area (Å²) in [4.78, 5) is 12.0. The number of anilines is 1. The Morgan fingerprint density at radius 3 is 3.00 bits per heavy atom. The van der Waals surface area contributed by atoms with Gasteiger partial charge in [0.05, 0.1) is 6.04 Å². The first-order valence-electron chi connectivity index (χ1n) is 5.03. The molecular formula is C12H10N2O2. The fourth-order valence-electron chi connectivity index (χ4n) is 2.07. The molecule has 2 heterocycles. The second-order valence-electron chi connectivity index (χ2n) is 3.78. The lowest BCUT2D eigenvalue weighted by atomic mass is 10.0. The molecule has 2 aliphatic heterocycles. The highest BCUT2D eigenvalue weighted by molar-refractivity contribution is 5.90. The van der Waals surface area contributed by atoms with E-state index in [4.69, 9.17) is 5.11 Å². The van der Waals surface area contributed by atoms with E-state index in [9.17, 15) is 4.79 Å². The van der Waals surface area contributed by atoms with E-state index in [-0.39, 0.29) is 6.04 Å².